The fourth-order valence-electron chi connectivity index (χ4n) is 0.838. The first kappa shape index (κ1) is 10.2. The van der Waals surface area contributed by atoms with E-state index < -0.39 is 11.8 Å². The molecule has 1 aromatic rings. The quantitative estimate of drug-likeness (QED) is 0.751. The molecule has 0 aliphatic heterocycles. The van der Waals surface area contributed by atoms with E-state index in [4.69, 9.17) is 4.74 Å². The molecule has 70 valence electrons. The van der Waals surface area contributed by atoms with Gasteiger partial charge in [-0.3, -0.25) is 0 Å². The van der Waals surface area contributed by atoms with Gasteiger partial charge < -0.3 is 4.74 Å². The zero-order valence-corrected chi connectivity index (χ0v) is 8.60. The molecule has 1 aromatic carbocycles. The van der Waals surface area contributed by atoms with Crippen LogP contribution in [0, 0.1) is 5.82 Å². The first-order valence-corrected chi connectivity index (χ1v) is 4.56. The molecule has 0 aliphatic carbocycles. The molecule has 0 radical (unpaired) electrons. The van der Waals surface area contributed by atoms with Crippen LogP contribution in [0.1, 0.15) is 17.3 Å². The van der Waals surface area contributed by atoms with Crippen LogP contribution >= 0.6 is 15.9 Å². The van der Waals surface area contributed by atoms with Crippen LogP contribution in [-0.4, -0.2) is 12.6 Å². The predicted octanol–water partition coefficient (Wildman–Crippen LogP) is 2.76. The van der Waals surface area contributed by atoms with Gasteiger partial charge in [-0.2, -0.15) is 0 Å². The summed E-state index contributed by atoms with van der Waals surface area (Å²) in [6.45, 7) is 2.03. The fourth-order valence-corrected chi connectivity index (χ4v) is 1.22. The summed E-state index contributed by atoms with van der Waals surface area (Å²) < 4.78 is 17.8. The highest BCUT2D eigenvalue weighted by molar-refractivity contribution is 9.10. The molecule has 0 bridgehead atoms. The Morgan fingerprint density at radius 1 is 1.62 bits per heavy atom. The molecule has 0 spiro atoms. The second-order valence-electron chi connectivity index (χ2n) is 2.35. The van der Waals surface area contributed by atoms with E-state index in [0.717, 1.165) is 0 Å². The van der Waals surface area contributed by atoms with Gasteiger partial charge in [0.25, 0.3) is 0 Å². The van der Waals surface area contributed by atoms with Crippen molar-refractivity contribution >= 4 is 21.9 Å². The van der Waals surface area contributed by atoms with Crippen molar-refractivity contribution in [1.29, 1.82) is 0 Å². The Labute approximate surface area is 83.8 Å². The number of ether oxygens (including phenoxy) is 1. The maximum Gasteiger partial charge on any atom is 0.338 e. The summed E-state index contributed by atoms with van der Waals surface area (Å²) in [5.41, 5.74) is 0.343. The van der Waals surface area contributed by atoms with Crippen LogP contribution in [0.25, 0.3) is 0 Å². The molecule has 0 N–H and O–H groups in total. The Hall–Kier alpha value is -0.900. The molecule has 0 fully saturated rings. The zero-order chi connectivity index (χ0) is 9.84. The number of halogens is 2. The maximum absolute atomic E-state index is 12.7. The smallest absolute Gasteiger partial charge is 0.338 e. The van der Waals surface area contributed by atoms with Gasteiger partial charge in [0.2, 0.25) is 0 Å². The van der Waals surface area contributed by atoms with Gasteiger partial charge >= 0.3 is 5.97 Å². The number of carbonyl (C=O) groups is 1. The summed E-state index contributed by atoms with van der Waals surface area (Å²) in [5.74, 6) is -0.837. The van der Waals surface area contributed by atoms with Gasteiger partial charge in [-0.1, -0.05) is 0 Å². The van der Waals surface area contributed by atoms with Crippen LogP contribution in [-0.2, 0) is 4.74 Å². The number of esters is 1. The van der Waals surface area contributed by atoms with Crippen LogP contribution < -0.4 is 0 Å². The third kappa shape index (κ3) is 2.52. The first-order valence-electron chi connectivity index (χ1n) is 3.77. The fraction of sp³-hybridized carbons (Fsp3) is 0.222. The molecule has 0 heterocycles. The first-order chi connectivity index (χ1) is 6.15. The molecule has 0 atom stereocenters. The lowest BCUT2D eigenvalue weighted by Gasteiger charge is -2.01. The van der Waals surface area contributed by atoms with E-state index in [-0.39, 0.29) is 4.47 Å². The number of carbonyl (C=O) groups excluding carboxylic acids is 1. The number of rotatable bonds is 2. The van der Waals surface area contributed by atoms with Crippen molar-refractivity contribution in [3.63, 3.8) is 0 Å². The lowest BCUT2D eigenvalue weighted by Crippen LogP contribution is -2.04. The van der Waals surface area contributed by atoms with Crippen molar-refractivity contribution in [1.82, 2.24) is 0 Å². The maximum atomic E-state index is 12.7. The molecule has 0 aliphatic rings. The Bertz CT molecular complexity index is 325. The minimum atomic E-state index is -0.441. The minimum absolute atomic E-state index is 0.262. The van der Waals surface area contributed by atoms with Crippen LogP contribution in [0.4, 0.5) is 4.39 Å². The van der Waals surface area contributed by atoms with Crippen molar-refractivity contribution in [2.45, 2.75) is 6.92 Å². The van der Waals surface area contributed by atoms with Gasteiger partial charge in [-0.05, 0) is 41.1 Å². The largest absolute Gasteiger partial charge is 0.462 e. The lowest BCUT2D eigenvalue weighted by molar-refractivity contribution is 0.0526. The van der Waals surface area contributed by atoms with Crippen molar-refractivity contribution in [2.24, 2.45) is 0 Å². The Balaban J connectivity index is 2.90. The molecule has 13 heavy (non-hydrogen) atoms. The average molecular weight is 247 g/mol. The molecule has 4 heteroatoms. The van der Waals surface area contributed by atoms with E-state index >= 15 is 0 Å². The highest BCUT2D eigenvalue weighted by Crippen LogP contribution is 2.17. The van der Waals surface area contributed by atoms with Crippen LogP contribution in [0.3, 0.4) is 0 Å². The van der Waals surface area contributed by atoms with Gasteiger partial charge in [0.05, 0.1) is 16.6 Å². The molecule has 0 saturated carbocycles. The highest BCUT2D eigenvalue weighted by atomic mass is 79.9. The van der Waals surface area contributed by atoms with Crippen LogP contribution in [0.5, 0.6) is 0 Å². The summed E-state index contributed by atoms with van der Waals surface area (Å²) >= 11 is 2.98. The van der Waals surface area contributed by atoms with E-state index in [0.29, 0.717) is 12.2 Å². The van der Waals surface area contributed by atoms with E-state index in [1.54, 1.807) is 6.92 Å². The third-order valence-corrected chi connectivity index (χ3v) is 2.04. The summed E-state index contributed by atoms with van der Waals surface area (Å²) in [6.07, 6.45) is 0. The molecule has 1 rings (SSSR count). The topological polar surface area (TPSA) is 26.3 Å². The Morgan fingerprint density at radius 3 is 2.85 bits per heavy atom. The summed E-state index contributed by atoms with van der Waals surface area (Å²) in [5, 5.41) is 0. The van der Waals surface area contributed by atoms with Crippen molar-refractivity contribution in [3.8, 4) is 0 Å². The summed E-state index contributed by atoms with van der Waals surface area (Å²) in [6, 6.07) is 4.00. The lowest BCUT2D eigenvalue weighted by atomic mass is 10.2. The molecule has 0 aromatic heterocycles. The normalized spacial score (nSPS) is 9.77. The molecular formula is C9H8BrFO2. The summed E-state index contributed by atoms with van der Waals surface area (Å²) in [4.78, 5) is 11.1. The van der Waals surface area contributed by atoms with Gasteiger partial charge in [0.1, 0.15) is 5.82 Å². The van der Waals surface area contributed by atoms with E-state index in [1.165, 1.54) is 18.2 Å². The summed E-state index contributed by atoms with van der Waals surface area (Å²) in [7, 11) is 0. The molecule has 0 saturated heterocycles. The van der Waals surface area contributed by atoms with Crippen LogP contribution in [0.15, 0.2) is 22.7 Å². The standard InChI is InChI=1S/C9H8BrFO2/c1-2-13-9(12)6-3-4-8(11)7(10)5-6/h3-5H,2H2,1H3. The second kappa shape index (κ2) is 4.37. The monoisotopic (exact) mass is 246 g/mol. The number of benzene rings is 1. The van der Waals surface area contributed by atoms with Gasteiger partial charge in [0.15, 0.2) is 0 Å². The Kier molecular flexibility index (Phi) is 3.42. The number of hydrogen-bond acceptors (Lipinski definition) is 2. The van der Waals surface area contributed by atoms with Crippen molar-refractivity contribution in [2.75, 3.05) is 6.61 Å². The van der Waals surface area contributed by atoms with Gasteiger partial charge in [0, 0.05) is 0 Å². The number of hydrogen-bond donors (Lipinski definition) is 0. The Morgan fingerprint density at radius 2 is 2.31 bits per heavy atom. The third-order valence-electron chi connectivity index (χ3n) is 1.43. The minimum Gasteiger partial charge on any atom is -0.462 e. The molecule has 0 unspecified atom stereocenters. The molecular weight excluding hydrogens is 239 g/mol. The van der Waals surface area contributed by atoms with Crippen molar-refractivity contribution < 1.29 is 13.9 Å². The average Bonchev–Trinajstić information content (AvgIpc) is 2.10. The van der Waals surface area contributed by atoms with Crippen LogP contribution in [0.2, 0.25) is 0 Å². The van der Waals surface area contributed by atoms with Gasteiger partial charge in [-0.15, -0.1) is 0 Å². The van der Waals surface area contributed by atoms with E-state index in [1.807, 2.05) is 0 Å². The molecule has 0 amide bonds. The predicted molar refractivity (Wildman–Crippen MR) is 50.1 cm³/mol. The van der Waals surface area contributed by atoms with Crippen molar-refractivity contribution in [3.05, 3.63) is 34.1 Å². The second-order valence-corrected chi connectivity index (χ2v) is 3.20. The van der Waals surface area contributed by atoms with E-state index in [2.05, 4.69) is 15.9 Å². The molecule has 2 nitrogen and oxygen atoms in total. The zero-order valence-electron chi connectivity index (χ0n) is 7.01. The highest BCUT2D eigenvalue weighted by Gasteiger charge is 2.08. The van der Waals surface area contributed by atoms with Gasteiger partial charge in [-0.25, -0.2) is 9.18 Å². The SMILES string of the molecule is CCOC(=O)c1ccc(F)c(Br)c1. The van der Waals surface area contributed by atoms with E-state index in [9.17, 15) is 9.18 Å².